The van der Waals surface area contributed by atoms with Crippen LogP contribution in [0.3, 0.4) is 0 Å². The van der Waals surface area contributed by atoms with Crippen molar-refractivity contribution in [2.45, 2.75) is 0 Å². The number of thiophene rings is 1. The molecule has 0 spiro atoms. The lowest BCUT2D eigenvalue weighted by Gasteiger charge is -2.14. The predicted octanol–water partition coefficient (Wildman–Crippen LogP) is 16.9. The van der Waals surface area contributed by atoms with Gasteiger partial charge in [-0.2, -0.15) is 0 Å². The first kappa shape index (κ1) is 38.2. The maximum absolute atomic E-state index is 5.54. The van der Waals surface area contributed by atoms with Crippen LogP contribution in [0, 0.1) is 0 Å². The number of aromatic nitrogens is 5. The van der Waals surface area contributed by atoms with Gasteiger partial charge in [0.05, 0.1) is 22.1 Å². The van der Waals surface area contributed by atoms with Gasteiger partial charge in [0.15, 0.2) is 17.5 Å². The molecule has 6 heteroatoms. The van der Waals surface area contributed by atoms with Crippen LogP contribution in [0.15, 0.2) is 224 Å². The number of hydrogen-bond acceptors (Lipinski definition) is 4. The van der Waals surface area contributed by atoms with Crippen LogP contribution in [0.4, 0.5) is 0 Å². The zero-order chi connectivity index (χ0) is 45.2. The summed E-state index contributed by atoms with van der Waals surface area (Å²) in [6, 6.07) is 81.0. The van der Waals surface area contributed by atoms with Crippen LogP contribution < -0.4 is 0 Å². The van der Waals surface area contributed by atoms with Crippen LogP contribution in [0.1, 0.15) is 0 Å². The van der Waals surface area contributed by atoms with E-state index in [0.29, 0.717) is 17.5 Å². The van der Waals surface area contributed by atoms with E-state index in [1.807, 2.05) is 17.4 Å². The molecular weight excluding hydrogens is 859 g/mol. The second-order valence-electron chi connectivity index (χ2n) is 18.0. The summed E-state index contributed by atoms with van der Waals surface area (Å²) in [5.41, 5.74) is 9.53. The lowest BCUT2D eigenvalue weighted by atomic mass is 10.0. The zero-order valence-corrected chi connectivity index (χ0v) is 37.8. The van der Waals surface area contributed by atoms with E-state index in [-0.39, 0.29) is 0 Å². The first-order valence-electron chi connectivity index (χ1n) is 23.3. The number of nitrogens with zero attached hydrogens (tertiary/aromatic N) is 5. The summed E-state index contributed by atoms with van der Waals surface area (Å²) < 4.78 is 7.19. The zero-order valence-electron chi connectivity index (χ0n) is 37.0. The monoisotopic (exact) mass is 895 g/mol. The van der Waals surface area contributed by atoms with Crippen LogP contribution in [0.5, 0.6) is 0 Å². The Bertz CT molecular complexity index is 4600. The van der Waals surface area contributed by atoms with E-state index in [0.717, 1.165) is 49.3 Å². The lowest BCUT2D eigenvalue weighted by Crippen LogP contribution is -2.02. The van der Waals surface area contributed by atoms with Crippen LogP contribution in [-0.4, -0.2) is 24.1 Å². The summed E-state index contributed by atoms with van der Waals surface area (Å²) in [5.74, 6) is 1.87. The minimum absolute atomic E-state index is 0.616. The van der Waals surface area contributed by atoms with Crippen molar-refractivity contribution in [2.24, 2.45) is 0 Å². The summed E-state index contributed by atoms with van der Waals surface area (Å²) >= 11 is 1.81. The SMILES string of the molecule is c1ccc(-c2nc(-c3ccc4c5ccccc5n(-c5ccccc5)c4c3)nc(-c3cc(-n4c5cc6ccccc6cc5c5ccc6ccccc6c54)cc4c3sc3cc5ccccc5cc34)n2)cc1. The van der Waals surface area contributed by atoms with Crippen LogP contribution >= 0.6 is 11.3 Å². The van der Waals surface area contributed by atoms with E-state index in [1.165, 1.54) is 74.9 Å². The Morgan fingerprint density at radius 3 is 1.67 bits per heavy atom. The Labute approximate surface area is 399 Å². The molecule has 4 aromatic heterocycles. The third kappa shape index (κ3) is 5.86. The fraction of sp³-hybridized carbons (Fsp3) is 0. The molecule has 0 aliphatic carbocycles. The highest BCUT2D eigenvalue weighted by molar-refractivity contribution is 7.26. The Hall–Kier alpha value is -8.97. The van der Waals surface area contributed by atoms with Crippen LogP contribution in [0.25, 0.3) is 142 Å². The van der Waals surface area contributed by atoms with Gasteiger partial charge in [0.2, 0.25) is 0 Å². The fourth-order valence-corrected chi connectivity index (χ4v) is 12.1. The minimum Gasteiger partial charge on any atom is -0.309 e. The summed E-state index contributed by atoms with van der Waals surface area (Å²) in [6.45, 7) is 0. The molecule has 0 N–H and O–H groups in total. The van der Waals surface area contributed by atoms with Crippen molar-refractivity contribution < 1.29 is 0 Å². The van der Waals surface area contributed by atoms with E-state index in [4.69, 9.17) is 15.0 Å². The van der Waals surface area contributed by atoms with Gasteiger partial charge in [0.1, 0.15) is 0 Å². The molecule has 4 heterocycles. The summed E-state index contributed by atoms with van der Waals surface area (Å²) in [5, 5.41) is 14.4. The molecule has 69 heavy (non-hydrogen) atoms. The molecule has 0 saturated carbocycles. The Balaban J connectivity index is 1.05. The number of hydrogen-bond donors (Lipinski definition) is 0. The molecule has 11 aromatic carbocycles. The third-order valence-corrected chi connectivity index (χ3v) is 15.3. The minimum atomic E-state index is 0.616. The van der Waals surface area contributed by atoms with Crippen molar-refractivity contribution in [2.75, 3.05) is 0 Å². The first-order valence-corrected chi connectivity index (χ1v) is 24.2. The van der Waals surface area contributed by atoms with Crippen molar-refractivity contribution in [1.29, 1.82) is 0 Å². The number of para-hydroxylation sites is 2. The molecule has 15 rings (SSSR count). The number of benzene rings is 11. The standard InChI is InChI=1S/C63H37N5S/c1-3-16-39(17-4-1)61-64-62(44-28-29-49-48-25-13-14-26-55(48)67(56(49)34-44)45-22-5-2-6-23-45)66-63(65-61)54-37-46(36-53-52-32-41-19-8-10-21-43(41)35-58(52)69-60(53)54)68-57-33-42-20-9-7-18-40(42)31-51(57)50-30-27-38-15-11-12-24-47(38)59(50)68/h1-37H. The lowest BCUT2D eigenvalue weighted by molar-refractivity contribution is 1.07. The van der Waals surface area contributed by atoms with E-state index in [1.54, 1.807) is 0 Å². The topological polar surface area (TPSA) is 48.5 Å². The molecule has 0 aliphatic heterocycles. The van der Waals surface area contributed by atoms with Gasteiger partial charge in [-0.25, -0.2) is 15.0 Å². The van der Waals surface area contributed by atoms with Gasteiger partial charge >= 0.3 is 0 Å². The normalized spacial score (nSPS) is 12.1. The van der Waals surface area contributed by atoms with Gasteiger partial charge in [-0.1, -0.05) is 164 Å². The van der Waals surface area contributed by atoms with Crippen molar-refractivity contribution in [1.82, 2.24) is 24.1 Å². The Morgan fingerprint density at radius 1 is 0.304 bits per heavy atom. The van der Waals surface area contributed by atoms with Gasteiger partial charge in [-0.05, 0) is 87.6 Å². The van der Waals surface area contributed by atoms with E-state index in [9.17, 15) is 0 Å². The Morgan fingerprint density at radius 2 is 0.884 bits per heavy atom. The average Bonchev–Trinajstić information content (AvgIpc) is 4.06. The van der Waals surface area contributed by atoms with Crippen LogP contribution in [0.2, 0.25) is 0 Å². The van der Waals surface area contributed by atoms with E-state index < -0.39 is 0 Å². The molecule has 0 fully saturated rings. The number of fused-ring (bicyclic) bond motifs is 13. The fourth-order valence-electron chi connectivity index (χ4n) is 10.9. The molecule has 0 amide bonds. The molecule has 0 bridgehead atoms. The van der Waals surface area contributed by atoms with Gasteiger partial charge in [-0.15, -0.1) is 11.3 Å². The second kappa shape index (κ2) is 14.8. The smallest absolute Gasteiger partial charge is 0.165 e. The molecular formula is C63H37N5S. The van der Waals surface area contributed by atoms with Crippen molar-refractivity contribution in [3.63, 3.8) is 0 Å². The maximum atomic E-state index is 5.54. The van der Waals surface area contributed by atoms with Gasteiger partial charge in [0.25, 0.3) is 0 Å². The summed E-state index contributed by atoms with van der Waals surface area (Å²) in [7, 11) is 0. The maximum Gasteiger partial charge on any atom is 0.165 e. The molecule has 320 valence electrons. The molecule has 0 atom stereocenters. The van der Waals surface area contributed by atoms with Crippen molar-refractivity contribution >= 4 is 107 Å². The third-order valence-electron chi connectivity index (χ3n) is 14.1. The number of rotatable bonds is 5. The van der Waals surface area contributed by atoms with Gasteiger partial charge < -0.3 is 9.13 Å². The van der Waals surface area contributed by atoms with E-state index >= 15 is 0 Å². The highest BCUT2D eigenvalue weighted by Gasteiger charge is 2.23. The molecule has 0 saturated heterocycles. The molecule has 5 nitrogen and oxygen atoms in total. The molecule has 0 unspecified atom stereocenters. The Kier molecular flexibility index (Phi) is 8.17. The molecule has 0 radical (unpaired) electrons. The van der Waals surface area contributed by atoms with Crippen molar-refractivity contribution in [3.8, 4) is 45.5 Å². The van der Waals surface area contributed by atoms with Gasteiger partial charge in [-0.3, -0.25) is 0 Å². The molecule has 15 aromatic rings. The predicted molar refractivity (Wildman–Crippen MR) is 290 cm³/mol. The average molecular weight is 896 g/mol. The van der Waals surface area contributed by atoms with E-state index in [2.05, 4.69) is 228 Å². The largest absolute Gasteiger partial charge is 0.309 e. The molecule has 0 aliphatic rings. The van der Waals surface area contributed by atoms with Crippen molar-refractivity contribution in [3.05, 3.63) is 224 Å². The highest BCUT2D eigenvalue weighted by Crippen LogP contribution is 2.46. The first-order chi connectivity index (χ1) is 34.2. The quantitative estimate of drug-likeness (QED) is 0.173. The second-order valence-corrected chi connectivity index (χ2v) is 19.0. The van der Waals surface area contributed by atoms with Crippen LogP contribution in [-0.2, 0) is 0 Å². The summed E-state index contributed by atoms with van der Waals surface area (Å²) in [6.07, 6.45) is 0. The highest BCUT2D eigenvalue weighted by atomic mass is 32.1. The van der Waals surface area contributed by atoms with Gasteiger partial charge in [0, 0.05) is 75.2 Å². The summed E-state index contributed by atoms with van der Waals surface area (Å²) in [4.78, 5) is 16.3.